The van der Waals surface area contributed by atoms with Gasteiger partial charge in [0.1, 0.15) is 0 Å². The van der Waals surface area contributed by atoms with Crippen molar-refractivity contribution in [3.63, 3.8) is 0 Å². The van der Waals surface area contributed by atoms with Crippen LogP contribution in [0.5, 0.6) is 0 Å². The summed E-state index contributed by atoms with van der Waals surface area (Å²) in [7, 11) is 0. The number of aromatic amines is 2. The van der Waals surface area contributed by atoms with Gasteiger partial charge in [0.15, 0.2) is 93.1 Å². The Labute approximate surface area is 493 Å². The maximum atomic E-state index is 16.4. The van der Waals surface area contributed by atoms with E-state index in [2.05, 4.69) is 29.9 Å². The van der Waals surface area contributed by atoms with E-state index in [0.717, 1.165) is 48.9 Å². The standard InChI is InChI=1S/C64H34F20N6/c65-43-39(44(66)52(74)59(81)51(43)73)35-23-19-30(86-21-23)38(42-49(71)57(79)62(84)58(80)50(42)72)28-10-14-34(90-28)64(17-5-2-6-18-64)32-12-8-26(88-32)36(40-45(67)53(75)60(82)54(76)46(40)68)24-20-29(85-22-24)37(41-47(69)55(77)61(83)56(78)48(41)70)27-9-13-33(89-27)63(15-3-1-4-16-63)31-11-7-25(35)87-31/h7-14,19-22,87-88H,1-6,15-18H2/b35-23-,36-24-,37-27-,38-28+. The van der Waals surface area contributed by atoms with Crippen LogP contribution in [0.4, 0.5) is 87.8 Å². The highest BCUT2D eigenvalue weighted by molar-refractivity contribution is 6.11. The van der Waals surface area contributed by atoms with E-state index < -0.39 is 217 Å². The van der Waals surface area contributed by atoms with Crippen molar-refractivity contribution in [1.29, 1.82) is 0 Å². The smallest absolute Gasteiger partial charge is 0.200 e. The predicted molar refractivity (Wildman–Crippen MR) is 288 cm³/mol. The summed E-state index contributed by atoms with van der Waals surface area (Å²) in [4.78, 5) is 23.6. The van der Waals surface area contributed by atoms with Crippen LogP contribution in [-0.2, 0) is 10.8 Å². The van der Waals surface area contributed by atoms with Gasteiger partial charge in [-0.2, -0.15) is 0 Å². The molecule has 7 aliphatic rings. The fourth-order valence-electron chi connectivity index (χ4n) is 13.0. The molecule has 0 unspecified atom stereocenters. The first-order valence-electron chi connectivity index (χ1n) is 27.4. The minimum absolute atomic E-state index is 0.0232. The van der Waals surface area contributed by atoms with E-state index in [9.17, 15) is 17.6 Å². The van der Waals surface area contributed by atoms with Crippen molar-refractivity contribution in [2.75, 3.05) is 0 Å². The Hall–Kier alpha value is -9.36. The van der Waals surface area contributed by atoms with E-state index in [-0.39, 0.29) is 48.5 Å². The Morgan fingerprint density at radius 1 is 0.300 bits per heavy atom. The largest absolute Gasteiger partial charge is 0.358 e. The Morgan fingerprint density at radius 3 is 0.856 bits per heavy atom. The third-order valence-electron chi connectivity index (χ3n) is 17.3. The molecule has 2 fully saturated rings. The minimum Gasteiger partial charge on any atom is -0.358 e. The molecule has 2 saturated carbocycles. The first kappa shape index (κ1) is 59.6. The monoisotopic (exact) mass is 1270 g/mol. The van der Waals surface area contributed by atoms with Crippen LogP contribution in [0.3, 0.4) is 0 Å². The molecular formula is C64H34F20N6. The van der Waals surface area contributed by atoms with Crippen LogP contribution < -0.4 is 0 Å². The Bertz CT molecular complexity index is 4250. The number of allylic oxidation sites excluding steroid dienone is 10. The molecule has 90 heavy (non-hydrogen) atoms. The zero-order valence-electron chi connectivity index (χ0n) is 45.3. The van der Waals surface area contributed by atoms with Crippen molar-refractivity contribution >= 4 is 46.1 Å². The molecule has 460 valence electrons. The minimum atomic E-state index is -2.60. The normalized spacial score (nSPS) is 21.7. The molecule has 0 atom stereocenters. The van der Waals surface area contributed by atoms with Gasteiger partial charge in [-0.3, -0.25) is 20.0 Å². The molecule has 0 radical (unpaired) electrons. The number of aliphatic imine (C=N–C) groups is 4. The molecule has 13 rings (SSSR count). The van der Waals surface area contributed by atoms with E-state index in [1.165, 1.54) is 24.3 Å². The molecule has 2 aliphatic carbocycles. The summed E-state index contributed by atoms with van der Waals surface area (Å²) < 4.78 is 315. The van der Waals surface area contributed by atoms with Gasteiger partial charge in [-0.1, -0.05) is 38.5 Å². The van der Waals surface area contributed by atoms with E-state index in [1.807, 2.05) is 0 Å². The number of H-pyrrole nitrogens is 2. The molecule has 0 amide bonds. The molecule has 2 spiro atoms. The third-order valence-corrected chi connectivity index (χ3v) is 17.3. The molecular weight excluding hydrogens is 1230 g/mol. The third kappa shape index (κ3) is 8.76. The number of hydrogen-bond acceptors (Lipinski definition) is 4. The summed E-state index contributed by atoms with van der Waals surface area (Å²) in [5.41, 5.74) is -18.4. The van der Waals surface area contributed by atoms with E-state index in [1.54, 1.807) is 0 Å². The number of rotatable bonds is 4. The highest BCUT2D eigenvalue weighted by Gasteiger charge is 2.45. The number of fused-ring (bicyclic) bond motifs is 12. The van der Waals surface area contributed by atoms with Crippen molar-refractivity contribution < 1.29 is 87.8 Å². The lowest BCUT2D eigenvalue weighted by Crippen LogP contribution is -2.37. The lowest BCUT2D eigenvalue weighted by molar-refractivity contribution is 0.374. The average Bonchev–Trinajstić information content (AvgIpc) is 1.56. The van der Waals surface area contributed by atoms with Gasteiger partial charge in [-0.25, -0.2) is 87.8 Å². The van der Waals surface area contributed by atoms with Crippen molar-refractivity contribution in [1.82, 2.24) is 9.97 Å². The summed E-state index contributed by atoms with van der Waals surface area (Å²) in [6.07, 6.45) is 10.2. The van der Waals surface area contributed by atoms with E-state index in [4.69, 9.17) is 0 Å². The van der Waals surface area contributed by atoms with Crippen LogP contribution in [-0.4, -0.2) is 33.8 Å². The van der Waals surface area contributed by atoms with Crippen molar-refractivity contribution in [2.45, 2.75) is 75.0 Å². The number of nitrogens with one attached hydrogen (secondary N) is 2. The predicted octanol–water partition coefficient (Wildman–Crippen LogP) is 17.6. The molecule has 7 heterocycles. The second kappa shape index (κ2) is 21.7. The van der Waals surface area contributed by atoms with Crippen LogP contribution in [0.2, 0.25) is 0 Å². The Morgan fingerprint density at radius 2 is 0.567 bits per heavy atom. The van der Waals surface area contributed by atoms with Crippen LogP contribution in [0.25, 0.3) is 22.3 Å². The number of aromatic nitrogens is 2. The SMILES string of the molecule is Fc1c(F)c(F)c(/C2=C3\C=CC(=N3)C3(CCCCC3)c3ccc([nH]3)/C(c3c(F)c(F)c(F)c(F)c3F)=C3/C=NC(=C3)/C(c3c(F)c(F)c(F)c(F)c3F)=C3\C=CC(=N3)C3(CCCCC3)c3ccc([nH]3)/C(c3c(F)c(F)c(F)c(F)c3F)=C3/C=NC2=C3)c(F)c1F. The van der Waals surface area contributed by atoms with Crippen LogP contribution in [0, 0.1) is 116 Å². The summed E-state index contributed by atoms with van der Waals surface area (Å²) in [6, 6.07) is 4.77. The Balaban J connectivity index is 1.16. The lowest BCUT2D eigenvalue weighted by Gasteiger charge is -2.36. The molecule has 6 aromatic rings. The van der Waals surface area contributed by atoms with Crippen molar-refractivity contribution in [3.8, 4) is 0 Å². The second-order valence-electron chi connectivity index (χ2n) is 22.1. The molecule has 2 aromatic heterocycles. The first-order chi connectivity index (χ1) is 42.9. The fraction of sp³-hybridized carbons (Fsp3) is 0.188. The quantitative estimate of drug-likeness (QED) is 0.100. The molecule has 12 bridgehead atoms. The van der Waals surface area contributed by atoms with Crippen LogP contribution in [0.15, 0.2) is 115 Å². The maximum Gasteiger partial charge on any atom is 0.200 e. The highest BCUT2D eigenvalue weighted by atomic mass is 19.2. The molecule has 5 aliphatic heterocycles. The number of halogens is 20. The van der Waals surface area contributed by atoms with Crippen LogP contribution >= 0.6 is 0 Å². The average molecular weight is 1270 g/mol. The molecule has 26 heteroatoms. The summed E-state index contributed by atoms with van der Waals surface area (Å²) >= 11 is 0. The number of nitrogens with zero attached hydrogens (tertiary/aromatic N) is 4. The fourth-order valence-corrected chi connectivity index (χ4v) is 13.0. The topological polar surface area (TPSA) is 81.0 Å². The molecule has 0 saturated heterocycles. The maximum absolute atomic E-state index is 16.4. The van der Waals surface area contributed by atoms with Gasteiger partial charge >= 0.3 is 0 Å². The zero-order valence-corrected chi connectivity index (χ0v) is 45.3. The van der Waals surface area contributed by atoms with Gasteiger partial charge in [-0.05, 0) is 86.4 Å². The van der Waals surface area contributed by atoms with Gasteiger partial charge < -0.3 is 9.97 Å². The van der Waals surface area contributed by atoms with E-state index in [0.29, 0.717) is 38.5 Å². The first-order valence-corrected chi connectivity index (χ1v) is 27.4. The molecule has 2 N–H and O–H groups in total. The van der Waals surface area contributed by atoms with Gasteiger partial charge in [0.25, 0.3) is 0 Å². The summed E-state index contributed by atoms with van der Waals surface area (Å²) in [6.45, 7) is 0. The highest BCUT2D eigenvalue weighted by Crippen LogP contribution is 2.50. The number of benzene rings is 4. The summed E-state index contributed by atoms with van der Waals surface area (Å²) in [5.74, 6) is -49.4. The van der Waals surface area contributed by atoms with Crippen molar-refractivity contribution in [2.24, 2.45) is 20.0 Å². The van der Waals surface area contributed by atoms with Gasteiger partial charge in [0.2, 0.25) is 23.3 Å². The Kier molecular flexibility index (Phi) is 14.4. The van der Waals surface area contributed by atoms with Crippen molar-refractivity contribution in [3.05, 3.63) is 256 Å². The van der Waals surface area contributed by atoms with Crippen LogP contribution in [0.1, 0.15) is 109 Å². The van der Waals surface area contributed by atoms with Gasteiger partial charge in [0.05, 0.1) is 67.3 Å². The van der Waals surface area contributed by atoms with Gasteiger partial charge in [-0.15, -0.1) is 0 Å². The molecule has 6 nitrogen and oxygen atoms in total. The lowest BCUT2D eigenvalue weighted by atomic mass is 9.68. The van der Waals surface area contributed by atoms with Gasteiger partial charge in [0, 0.05) is 68.6 Å². The zero-order chi connectivity index (χ0) is 63.9. The number of hydrogen-bond donors (Lipinski definition) is 2. The molecule has 4 aromatic carbocycles. The van der Waals surface area contributed by atoms with E-state index >= 15 is 70.2 Å². The summed E-state index contributed by atoms with van der Waals surface area (Å²) in [5, 5.41) is 0. The second-order valence-corrected chi connectivity index (χ2v) is 22.1.